The second-order valence-electron chi connectivity index (χ2n) is 4.23. The van der Waals surface area contributed by atoms with Gasteiger partial charge in [0.2, 0.25) is 0 Å². The first kappa shape index (κ1) is 15.0. The number of ether oxygens (including phenoxy) is 1. The highest BCUT2D eigenvalue weighted by molar-refractivity contribution is 9.10. The normalized spacial score (nSPS) is 10.4. The summed E-state index contributed by atoms with van der Waals surface area (Å²) in [4.78, 5) is 11.5. The quantitative estimate of drug-likeness (QED) is 0.718. The van der Waals surface area contributed by atoms with Crippen LogP contribution in [0.25, 0.3) is 0 Å². The first-order valence-electron chi connectivity index (χ1n) is 5.84. The largest absolute Gasteiger partial charge is 0.488 e. The Labute approximate surface area is 129 Å². The number of carbonyl (C=O) groups is 1. The number of benzene rings is 2. The van der Waals surface area contributed by atoms with Gasteiger partial charge in [-0.2, -0.15) is 0 Å². The molecule has 2 aromatic rings. The molecule has 2 nitrogen and oxygen atoms in total. The Bertz CT molecular complexity index is 658. The molecule has 0 aliphatic rings. The van der Waals surface area contributed by atoms with Crippen LogP contribution in [0.1, 0.15) is 22.8 Å². The molecular weight excluding hydrogens is 347 g/mol. The summed E-state index contributed by atoms with van der Waals surface area (Å²) in [5.41, 5.74) is 1.13. The fourth-order valence-electron chi connectivity index (χ4n) is 1.70. The van der Waals surface area contributed by atoms with Gasteiger partial charge in [0.15, 0.2) is 5.78 Å². The fourth-order valence-corrected chi connectivity index (χ4v) is 2.15. The topological polar surface area (TPSA) is 26.3 Å². The van der Waals surface area contributed by atoms with E-state index in [2.05, 4.69) is 15.9 Å². The van der Waals surface area contributed by atoms with Crippen molar-refractivity contribution < 1.29 is 13.9 Å². The summed E-state index contributed by atoms with van der Waals surface area (Å²) < 4.78 is 19.7. The van der Waals surface area contributed by atoms with E-state index < -0.39 is 5.82 Å². The van der Waals surface area contributed by atoms with E-state index in [-0.39, 0.29) is 17.4 Å². The molecule has 2 aromatic carbocycles. The fraction of sp³-hybridized carbons (Fsp3) is 0.133. The van der Waals surface area contributed by atoms with Crippen molar-refractivity contribution in [3.63, 3.8) is 0 Å². The highest BCUT2D eigenvalue weighted by Gasteiger charge is 2.10. The van der Waals surface area contributed by atoms with Crippen LogP contribution in [-0.4, -0.2) is 5.78 Å². The SMILES string of the molecule is CC(=O)c1ccc(Br)cc1OCc1ccc(Cl)c(F)c1. The van der Waals surface area contributed by atoms with Crippen molar-refractivity contribution in [3.05, 3.63) is 62.8 Å². The molecule has 0 fully saturated rings. The Morgan fingerprint density at radius 2 is 2.05 bits per heavy atom. The number of ketones is 1. The van der Waals surface area contributed by atoms with Gasteiger partial charge in [0.25, 0.3) is 0 Å². The molecule has 5 heteroatoms. The van der Waals surface area contributed by atoms with E-state index in [0.29, 0.717) is 16.9 Å². The smallest absolute Gasteiger partial charge is 0.163 e. The van der Waals surface area contributed by atoms with Gasteiger partial charge in [-0.1, -0.05) is 33.6 Å². The van der Waals surface area contributed by atoms with Crippen molar-refractivity contribution in [2.75, 3.05) is 0 Å². The van der Waals surface area contributed by atoms with Crippen LogP contribution in [0.15, 0.2) is 40.9 Å². The van der Waals surface area contributed by atoms with Gasteiger partial charge in [-0.25, -0.2) is 4.39 Å². The maximum atomic E-state index is 13.3. The Kier molecular flexibility index (Phi) is 4.78. The summed E-state index contributed by atoms with van der Waals surface area (Å²) in [6.07, 6.45) is 0. The lowest BCUT2D eigenvalue weighted by Gasteiger charge is -2.10. The zero-order chi connectivity index (χ0) is 14.7. The van der Waals surface area contributed by atoms with Crippen LogP contribution in [0.2, 0.25) is 5.02 Å². The minimum Gasteiger partial charge on any atom is -0.488 e. The van der Waals surface area contributed by atoms with Gasteiger partial charge in [0.05, 0.1) is 10.6 Å². The average Bonchev–Trinajstić information content (AvgIpc) is 2.40. The predicted molar refractivity (Wildman–Crippen MR) is 79.9 cm³/mol. The Morgan fingerprint density at radius 3 is 2.70 bits per heavy atom. The molecule has 0 aromatic heterocycles. The van der Waals surface area contributed by atoms with Crippen LogP contribution in [-0.2, 0) is 6.61 Å². The molecule has 104 valence electrons. The lowest BCUT2D eigenvalue weighted by Crippen LogP contribution is -2.02. The van der Waals surface area contributed by atoms with E-state index in [1.54, 1.807) is 24.3 Å². The maximum Gasteiger partial charge on any atom is 0.163 e. The number of carbonyl (C=O) groups excluding carboxylic acids is 1. The van der Waals surface area contributed by atoms with Gasteiger partial charge < -0.3 is 4.74 Å². The molecule has 2 rings (SSSR count). The van der Waals surface area contributed by atoms with Crippen LogP contribution in [0.5, 0.6) is 5.75 Å². The van der Waals surface area contributed by atoms with Crippen LogP contribution in [0.3, 0.4) is 0 Å². The molecule has 0 radical (unpaired) electrons. The summed E-state index contributed by atoms with van der Waals surface area (Å²) in [5, 5.41) is 0.0700. The van der Waals surface area contributed by atoms with Gasteiger partial charge in [0.1, 0.15) is 18.2 Å². The van der Waals surface area contributed by atoms with Crippen molar-refractivity contribution in [2.45, 2.75) is 13.5 Å². The second kappa shape index (κ2) is 6.37. The van der Waals surface area contributed by atoms with Gasteiger partial charge in [-0.3, -0.25) is 4.79 Å². The maximum absolute atomic E-state index is 13.3. The van der Waals surface area contributed by atoms with Gasteiger partial charge in [-0.05, 0) is 42.8 Å². The average molecular weight is 358 g/mol. The number of Topliss-reactive ketones (excluding diaryl/α,β-unsaturated/α-hetero) is 1. The van der Waals surface area contributed by atoms with Crippen molar-refractivity contribution in [2.24, 2.45) is 0 Å². The number of hydrogen-bond donors (Lipinski definition) is 0. The summed E-state index contributed by atoms with van der Waals surface area (Å²) >= 11 is 8.94. The Hall–Kier alpha value is -1.39. The minimum atomic E-state index is -0.492. The molecule has 0 saturated heterocycles. The molecule has 0 N–H and O–H groups in total. The highest BCUT2D eigenvalue weighted by atomic mass is 79.9. The van der Waals surface area contributed by atoms with Gasteiger partial charge >= 0.3 is 0 Å². The third-order valence-electron chi connectivity index (χ3n) is 2.70. The molecule has 0 heterocycles. The zero-order valence-corrected chi connectivity index (χ0v) is 13.0. The number of rotatable bonds is 4. The van der Waals surface area contributed by atoms with E-state index in [1.165, 1.54) is 19.1 Å². The summed E-state index contributed by atoms with van der Waals surface area (Å²) in [5.74, 6) is -0.120. The first-order chi connectivity index (χ1) is 9.47. The van der Waals surface area contributed by atoms with Gasteiger partial charge in [0, 0.05) is 4.47 Å². The molecular formula is C15H11BrClFO2. The molecule has 0 atom stereocenters. The summed E-state index contributed by atoms with van der Waals surface area (Å²) in [6, 6.07) is 9.63. The monoisotopic (exact) mass is 356 g/mol. The summed E-state index contributed by atoms with van der Waals surface area (Å²) in [7, 11) is 0. The zero-order valence-electron chi connectivity index (χ0n) is 10.6. The van der Waals surface area contributed by atoms with E-state index in [9.17, 15) is 9.18 Å². The van der Waals surface area contributed by atoms with Crippen LogP contribution in [0.4, 0.5) is 4.39 Å². The molecule has 0 unspecified atom stereocenters. The lowest BCUT2D eigenvalue weighted by atomic mass is 10.1. The van der Waals surface area contributed by atoms with E-state index in [0.717, 1.165) is 4.47 Å². The first-order valence-corrected chi connectivity index (χ1v) is 7.01. The van der Waals surface area contributed by atoms with Crippen molar-refractivity contribution >= 4 is 33.3 Å². The number of hydrogen-bond acceptors (Lipinski definition) is 2. The minimum absolute atomic E-state index is 0.0700. The number of halogens is 3. The molecule has 0 spiro atoms. The molecule has 0 saturated carbocycles. The Morgan fingerprint density at radius 1 is 1.30 bits per heavy atom. The predicted octanol–water partition coefficient (Wildman–Crippen LogP) is 5.02. The Balaban J connectivity index is 2.20. The van der Waals surface area contributed by atoms with Crippen molar-refractivity contribution in [1.82, 2.24) is 0 Å². The molecule has 0 amide bonds. The molecule has 0 aliphatic heterocycles. The van der Waals surface area contributed by atoms with Crippen LogP contribution < -0.4 is 4.74 Å². The molecule has 0 bridgehead atoms. The van der Waals surface area contributed by atoms with Crippen LogP contribution in [0, 0.1) is 5.82 Å². The third-order valence-corrected chi connectivity index (χ3v) is 3.50. The summed E-state index contributed by atoms with van der Waals surface area (Å²) in [6.45, 7) is 1.63. The lowest BCUT2D eigenvalue weighted by molar-refractivity contribution is 0.101. The van der Waals surface area contributed by atoms with Gasteiger partial charge in [-0.15, -0.1) is 0 Å². The second-order valence-corrected chi connectivity index (χ2v) is 5.56. The molecule has 20 heavy (non-hydrogen) atoms. The van der Waals surface area contributed by atoms with Crippen LogP contribution >= 0.6 is 27.5 Å². The molecule has 0 aliphatic carbocycles. The van der Waals surface area contributed by atoms with Crippen molar-refractivity contribution in [3.8, 4) is 5.75 Å². The van der Waals surface area contributed by atoms with Crippen molar-refractivity contribution in [1.29, 1.82) is 0 Å². The third kappa shape index (κ3) is 3.58. The van der Waals surface area contributed by atoms with E-state index in [1.807, 2.05) is 0 Å². The standard InChI is InChI=1S/C15H11BrClFO2/c1-9(19)12-4-3-11(16)7-15(12)20-8-10-2-5-13(17)14(18)6-10/h2-7H,8H2,1H3. The van der Waals surface area contributed by atoms with E-state index in [4.69, 9.17) is 16.3 Å². The highest BCUT2D eigenvalue weighted by Crippen LogP contribution is 2.25. The van der Waals surface area contributed by atoms with E-state index >= 15 is 0 Å².